The quantitative estimate of drug-likeness (QED) is 0.0265. The van der Waals surface area contributed by atoms with Crippen molar-refractivity contribution in [3.8, 4) is 68.2 Å². The Balaban J connectivity index is 0.000000141. The van der Waals surface area contributed by atoms with Crippen molar-refractivity contribution in [3.05, 3.63) is 277 Å². The lowest BCUT2D eigenvalue weighted by Gasteiger charge is -2.30. The third-order valence-corrected chi connectivity index (χ3v) is 28.8. The number of methoxy groups -OCH3 is 4. The van der Waals surface area contributed by atoms with E-state index < -0.39 is 34.0 Å². The van der Waals surface area contributed by atoms with E-state index in [4.69, 9.17) is 18.9 Å². The van der Waals surface area contributed by atoms with E-state index in [1.165, 1.54) is 30.6 Å². The van der Waals surface area contributed by atoms with Gasteiger partial charge in [0.1, 0.15) is 46.0 Å². The van der Waals surface area contributed by atoms with Crippen molar-refractivity contribution < 1.29 is 56.5 Å². The number of H-pyrrole nitrogens is 3. The summed E-state index contributed by atoms with van der Waals surface area (Å²) in [5, 5.41) is 34.3. The lowest BCUT2D eigenvalue weighted by molar-refractivity contribution is -0.138. The predicted octanol–water partition coefficient (Wildman–Crippen LogP) is 14.9. The van der Waals surface area contributed by atoms with Crippen LogP contribution in [0, 0.1) is 11.6 Å². The SMILES string of the molecule is CCc1nccc(-c2n[nH]c3ccc(NC(=O)[C@]4(OC)CCN(CC(=O)N5CC=C(c6ccc(-c7ncccn7)cc6)CC5)C4)cc23)n1.COC(C)(C)c1cc(-c2n[nH]c3ccc(NC(=O)[C@]4(OC)CCN(CC(=O)N5CC=C(c6ccc(-c7ncccn7)cc6)CC5)C4)cc23)ccn1.CO[C@@]1(C(=O)Nc2ccc3[nH]nc(-c4ccnc(C(C)C)n4)c3c2)CCN(CC(=O)N2CC=C(c3cc(F)c(-c4ncccn4)cc3F)CC2)C1. The van der Waals surface area contributed by atoms with Gasteiger partial charge < -0.3 is 49.6 Å². The van der Waals surface area contributed by atoms with E-state index in [0.717, 1.165) is 115 Å². The Bertz CT molecular complexity index is 7600. The molecule has 6 aliphatic heterocycles. The van der Waals surface area contributed by atoms with E-state index in [0.29, 0.717) is 148 Å². The Morgan fingerprint density at radius 3 is 1.19 bits per heavy atom. The van der Waals surface area contributed by atoms with Crippen molar-refractivity contribution in [2.45, 2.75) is 108 Å². The van der Waals surface area contributed by atoms with Crippen LogP contribution in [-0.2, 0) is 59.7 Å². The van der Waals surface area contributed by atoms with Crippen molar-refractivity contribution in [2.75, 3.05) is 143 Å². The fraction of sp³-hybridized carbons (Fsp3) is 0.321. The molecule has 150 heavy (non-hydrogen) atoms. The van der Waals surface area contributed by atoms with E-state index >= 15 is 4.39 Å². The summed E-state index contributed by atoms with van der Waals surface area (Å²) in [4.78, 5) is 140. The maximum atomic E-state index is 15.1. The first-order chi connectivity index (χ1) is 72.8. The summed E-state index contributed by atoms with van der Waals surface area (Å²) < 4.78 is 53.2. The molecule has 6 N–H and O–H groups in total. The number of ether oxygens (including phenoxy) is 4. The van der Waals surface area contributed by atoms with Crippen molar-refractivity contribution in [2.24, 2.45) is 0 Å². The molecule has 3 atom stereocenters. The van der Waals surface area contributed by atoms with Crippen LogP contribution in [0.3, 0.4) is 0 Å². The number of carbonyl (C=O) groups excluding carboxylic acids is 6. The highest BCUT2D eigenvalue weighted by molar-refractivity contribution is 6.05. The number of nitrogens with zero attached hydrogens (tertiary/aromatic N) is 20. The van der Waals surface area contributed by atoms with Crippen LogP contribution in [0.2, 0.25) is 0 Å². The smallest absolute Gasteiger partial charge is 0.258 e. The van der Waals surface area contributed by atoms with Crippen molar-refractivity contribution in [1.82, 2.24) is 115 Å². The molecule has 38 heteroatoms. The lowest BCUT2D eigenvalue weighted by Crippen LogP contribution is -2.48. The molecule has 9 aromatic heterocycles. The first-order valence-corrected chi connectivity index (χ1v) is 50.1. The number of nitrogens with one attached hydrogen (secondary N) is 6. The number of hydrogen-bond donors (Lipinski definition) is 6. The van der Waals surface area contributed by atoms with Crippen molar-refractivity contribution in [1.29, 1.82) is 0 Å². The molecule has 3 saturated heterocycles. The molecule has 0 saturated carbocycles. The molecule has 6 amide bonds. The second kappa shape index (κ2) is 44.9. The van der Waals surface area contributed by atoms with Gasteiger partial charge in [-0.25, -0.2) is 58.6 Å². The summed E-state index contributed by atoms with van der Waals surface area (Å²) >= 11 is 0. The molecule has 0 spiro atoms. The van der Waals surface area contributed by atoms with Gasteiger partial charge in [-0.15, -0.1) is 0 Å². The van der Waals surface area contributed by atoms with Crippen LogP contribution in [0.15, 0.2) is 232 Å². The van der Waals surface area contributed by atoms with Crippen LogP contribution < -0.4 is 16.0 Å². The van der Waals surface area contributed by atoms with Crippen LogP contribution in [0.5, 0.6) is 0 Å². The Labute approximate surface area is 864 Å². The molecule has 0 aliphatic carbocycles. The van der Waals surface area contributed by atoms with Gasteiger partial charge in [0.15, 0.2) is 34.3 Å². The number of fused-ring (bicyclic) bond motifs is 3. The monoisotopic (exact) mass is 2020 g/mol. The van der Waals surface area contributed by atoms with Crippen LogP contribution >= 0.6 is 0 Å². The number of halogens is 2. The molecular formula is C112H116F2N26O10. The van der Waals surface area contributed by atoms with Crippen LogP contribution in [-0.4, -0.2) is 294 Å². The van der Waals surface area contributed by atoms with Gasteiger partial charge in [0.25, 0.3) is 17.7 Å². The van der Waals surface area contributed by atoms with Gasteiger partial charge in [-0.05, 0) is 189 Å². The van der Waals surface area contributed by atoms with Crippen LogP contribution in [0.4, 0.5) is 25.8 Å². The molecule has 0 unspecified atom stereocenters. The minimum atomic E-state index is -1.15. The summed E-state index contributed by atoms with van der Waals surface area (Å²) in [5.74, 6) is 1.09. The molecule has 0 bridgehead atoms. The Morgan fingerprint density at radius 2 is 0.787 bits per heavy atom. The third kappa shape index (κ3) is 22.5. The molecule has 36 nitrogen and oxygen atoms in total. The minimum absolute atomic E-state index is 0.0107. The highest BCUT2D eigenvalue weighted by Crippen LogP contribution is 2.40. The Kier molecular flexibility index (Phi) is 30.7. The zero-order chi connectivity index (χ0) is 104. The van der Waals surface area contributed by atoms with E-state index in [9.17, 15) is 33.2 Å². The van der Waals surface area contributed by atoms with Gasteiger partial charge in [-0.3, -0.25) is 63.7 Å². The number of pyridine rings is 1. The summed E-state index contributed by atoms with van der Waals surface area (Å²) in [6.45, 7) is 16.1. The lowest BCUT2D eigenvalue weighted by atomic mass is 9.97. The van der Waals surface area contributed by atoms with Gasteiger partial charge in [0.05, 0.1) is 58.8 Å². The average molecular weight is 2020 g/mol. The highest BCUT2D eigenvalue weighted by atomic mass is 19.1. The number of aromatic nitrogens is 17. The molecule has 15 heterocycles. The first kappa shape index (κ1) is 102. The molecule has 3 fully saturated rings. The van der Waals surface area contributed by atoms with Gasteiger partial charge in [-0.1, -0.05) is 87.5 Å². The maximum absolute atomic E-state index is 15.1. The number of hydrogen-bond acceptors (Lipinski definition) is 27. The standard InChI is InChI=1S/C39H42N8O4.C37H37F2N9O3.C36H37N9O3/c1-38(2,50-3)33-22-29(12-18-40-33)35-31-23-30(10-11-32(31)44-45-35)43-37(49)39(51-4)15-21-46(25-39)24-34(48)47-19-13-27(14-20-47)26-6-8-28(9-7-26)36-41-16-5-17-42-36;1-22(2)34-42-13-7-31(44-34)33-27-17-24(5-6-30(27)45-46-33)43-36(50)37(51-3)10-16-47(21-37)20-32(49)48-14-8-23(9-15-48)25-18-29(39)26(19-28(25)38)35-40-11-4-12-41-35;1-3-31-37-17-11-30(41-31)33-28-21-27(9-10-29(28)42-43-33)40-35(47)36(48-2)14-20-44(23-36)22-32(46)45-18-12-25(13-19-45)24-5-7-26(8-6-24)34-38-15-4-16-39-34/h5-13,16-18,22-23H,14-15,19-21,24-25H2,1-4H3,(H,43,49)(H,44,45);4-8,11-13,17-19,22H,9-10,14-16,20-21H2,1-3H3,(H,43,50)(H,45,46);4-12,15-17,21H,3,13-14,18-20,22-23H2,1-2H3,(H,40,47)(H,42,43)/t39-;37-;36-/m000/s1. The molecule has 21 rings (SSSR count). The van der Waals surface area contributed by atoms with Crippen LogP contribution in [0.1, 0.15) is 113 Å². The largest absolute Gasteiger partial charge is 0.373 e. The minimum Gasteiger partial charge on any atom is -0.373 e. The maximum Gasteiger partial charge on any atom is 0.258 e. The summed E-state index contributed by atoms with van der Waals surface area (Å²) in [5.41, 5.74) is 13.1. The molecule has 0 radical (unpaired) electrons. The number of benzene rings is 6. The summed E-state index contributed by atoms with van der Waals surface area (Å²) in [6, 6.07) is 48.2. The van der Waals surface area contributed by atoms with E-state index in [1.807, 2.05) is 156 Å². The zero-order valence-corrected chi connectivity index (χ0v) is 84.9. The summed E-state index contributed by atoms with van der Waals surface area (Å²) in [7, 11) is 6.27. The molecule has 6 aromatic carbocycles. The van der Waals surface area contributed by atoms with E-state index in [-0.39, 0.29) is 91.0 Å². The molecule has 768 valence electrons. The molecular weight excluding hydrogens is 1910 g/mol. The van der Waals surface area contributed by atoms with Crippen LogP contribution in [0.25, 0.3) is 118 Å². The predicted molar refractivity (Wildman–Crippen MR) is 565 cm³/mol. The average Bonchev–Trinajstić information content (AvgIpc) is 1.59. The number of rotatable bonds is 28. The second-order valence-corrected chi connectivity index (χ2v) is 38.8. The second-order valence-electron chi connectivity index (χ2n) is 38.8. The number of aromatic amines is 3. The van der Waals surface area contributed by atoms with Crippen molar-refractivity contribution >= 4 is 102 Å². The third-order valence-electron chi connectivity index (χ3n) is 28.8. The normalized spacial score (nSPS) is 18.1. The van der Waals surface area contributed by atoms with Gasteiger partial charge in [0, 0.05) is 231 Å². The number of amides is 6. The van der Waals surface area contributed by atoms with E-state index in [1.54, 1.807) is 99.9 Å². The fourth-order valence-electron chi connectivity index (χ4n) is 19.7. The topological polar surface area (TPSA) is 423 Å². The Morgan fingerprint density at radius 1 is 0.407 bits per heavy atom. The zero-order valence-electron chi connectivity index (χ0n) is 84.9. The van der Waals surface area contributed by atoms with E-state index in [2.05, 4.69) is 138 Å². The van der Waals surface area contributed by atoms with Gasteiger partial charge >= 0.3 is 0 Å². The number of anilines is 3. The fourth-order valence-corrected chi connectivity index (χ4v) is 19.7. The van der Waals surface area contributed by atoms with Crippen molar-refractivity contribution in [3.63, 3.8) is 0 Å². The number of likely N-dealkylation sites (tertiary alicyclic amines) is 3. The Hall–Kier alpha value is -16.1. The highest BCUT2D eigenvalue weighted by Gasteiger charge is 2.49. The molecule has 15 aromatic rings. The summed E-state index contributed by atoms with van der Waals surface area (Å²) in [6.07, 6.45) is 25.1. The van der Waals surface area contributed by atoms with Gasteiger partial charge in [-0.2, -0.15) is 15.3 Å². The van der Waals surface area contributed by atoms with Gasteiger partial charge in [0.2, 0.25) is 17.7 Å². The first-order valence-electron chi connectivity index (χ1n) is 50.1. The molecule has 6 aliphatic rings. The number of carbonyl (C=O) groups is 6. The number of aryl methyl sites for hydroxylation is 1.